The molecule has 1 aromatic carbocycles. The van der Waals surface area contributed by atoms with Gasteiger partial charge in [-0.2, -0.15) is 5.10 Å². The summed E-state index contributed by atoms with van der Waals surface area (Å²) in [5.74, 6) is 0.348. The molecule has 3 unspecified atom stereocenters. The monoisotopic (exact) mass is 382 g/mol. The Morgan fingerprint density at radius 1 is 1.14 bits per heavy atom. The highest BCUT2D eigenvalue weighted by Gasteiger charge is 2.34. The van der Waals surface area contributed by atoms with Gasteiger partial charge in [0, 0.05) is 29.9 Å². The van der Waals surface area contributed by atoms with Crippen molar-refractivity contribution in [3.8, 4) is 0 Å². The number of amides is 2. The van der Waals surface area contributed by atoms with Crippen molar-refractivity contribution in [3.05, 3.63) is 36.9 Å². The summed E-state index contributed by atoms with van der Waals surface area (Å²) in [5, 5.41) is 13.4. The molecule has 2 fully saturated rings. The van der Waals surface area contributed by atoms with E-state index in [1.807, 2.05) is 0 Å². The summed E-state index contributed by atoms with van der Waals surface area (Å²) in [6.07, 6.45) is 8.16. The fraction of sp³-hybridized carbons (Fsp3) is 0.500. The number of nitrogens with zero attached hydrogens (tertiary/aromatic N) is 3. The number of benzene rings is 1. The van der Waals surface area contributed by atoms with Crippen LogP contribution in [0.15, 0.2) is 36.9 Å². The number of carbonyl (C=O) groups is 2. The molecule has 0 spiro atoms. The molecule has 2 saturated heterocycles. The van der Waals surface area contributed by atoms with Crippen LogP contribution in [-0.4, -0.2) is 38.7 Å². The van der Waals surface area contributed by atoms with Crippen molar-refractivity contribution in [2.24, 2.45) is 5.92 Å². The molecule has 2 aliphatic rings. The van der Waals surface area contributed by atoms with Crippen LogP contribution in [0.3, 0.4) is 0 Å². The Labute approximate surface area is 164 Å². The van der Waals surface area contributed by atoms with E-state index in [-0.39, 0.29) is 11.8 Å². The molecular weight excluding hydrogens is 356 g/mol. The Morgan fingerprint density at radius 3 is 2.39 bits per heavy atom. The first-order valence-electron chi connectivity index (χ1n) is 9.88. The molecule has 0 radical (unpaired) electrons. The van der Waals surface area contributed by atoms with Gasteiger partial charge in [0.05, 0.1) is 0 Å². The van der Waals surface area contributed by atoms with Crippen molar-refractivity contribution in [1.82, 2.24) is 20.1 Å². The van der Waals surface area contributed by atoms with Crippen LogP contribution in [-0.2, 0) is 9.59 Å². The highest BCUT2D eigenvalue weighted by molar-refractivity contribution is 5.94. The predicted octanol–water partition coefficient (Wildman–Crippen LogP) is 2.34. The van der Waals surface area contributed by atoms with Gasteiger partial charge in [-0.1, -0.05) is 0 Å². The third-order valence-electron chi connectivity index (χ3n) is 5.69. The lowest BCUT2D eigenvalue weighted by Crippen LogP contribution is -2.39. The maximum atomic E-state index is 12.4. The quantitative estimate of drug-likeness (QED) is 0.712. The highest BCUT2D eigenvalue weighted by Crippen LogP contribution is 2.32. The number of hydrogen-bond acceptors (Lipinski definition) is 5. The first-order valence-corrected chi connectivity index (χ1v) is 9.88. The summed E-state index contributed by atoms with van der Waals surface area (Å²) < 4.78 is 1.50. The molecule has 8 nitrogen and oxygen atoms in total. The van der Waals surface area contributed by atoms with E-state index in [1.54, 1.807) is 31.2 Å². The topological polar surface area (TPSA) is 101 Å². The Hall–Kier alpha value is -2.74. The minimum absolute atomic E-state index is 0.0582. The second kappa shape index (κ2) is 8.10. The van der Waals surface area contributed by atoms with Crippen molar-refractivity contribution in [2.45, 2.75) is 57.2 Å². The van der Waals surface area contributed by atoms with Gasteiger partial charge in [-0.3, -0.25) is 9.59 Å². The normalized spacial score (nSPS) is 24.5. The van der Waals surface area contributed by atoms with Crippen LogP contribution in [0.2, 0.25) is 0 Å². The van der Waals surface area contributed by atoms with E-state index in [2.05, 4.69) is 26.0 Å². The van der Waals surface area contributed by atoms with E-state index < -0.39 is 6.04 Å². The predicted molar refractivity (Wildman–Crippen MR) is 106 cm³/mol. The zero-order valence-corrected chi connectivity index (χ0v) is 16.0. The van der Waals surface area contributed by atoms with Crippen LogP contribution < -0.4 is 16.0 Å². The summed E-state index contributed by atoms with van der Waals surface area (Å²) in [6, 6.07) is 7.92. The van der Waals surface area contributed by atoms with Crippen LogP contribution in [0.4, 0.5) is 11.4 Å². The van der Waals surface area contributed by atoms with E-state index in [0.29, 0.717) is 30.1 Å². The third-order valence-corrected chi connectivity index (χ3v) is 5.69. The number of nitrogens with one attached hydrogen (secondary N) is 3. The number of hydrogen-bond donors (Lipinski definition) is 3. The SMILES string of the molecule is CC(C(=O)Nc1ccc(NC(=O)CC2CC3CCC(C2)N3)cc1)n1cncn1. The number of piperidine rings is 1. The van der Waals surface area contributed by atoms with Crippen LogP contribution in [0.25, 0.3) is 0 Å². The summed E-state index contributed by atoms with van der Waals surface area (Å²) in [4.78, 5) is 28.5. The largest absolute Gasteiger partial charge is 0.326 e. The number of carbonyl (C=O) groups excluding carboxylic acids is 2. The molecule has 3 atom stereocenters. The van der Waals surface area contributed by atoms with Gasteiger partial charge < -0.3 is 16.0 Å². The molecule has 0 aliphatic carbocycles. The fourth-order valence-electron chi connectivity index (χ4n) is 4.24. The number of fused-ring (bicyclic) bond motifs is 2. The molecule has 2 bridgehead atoms. The maximum absolute atomic E-state index is 12.4. The zero-order chi connectivity index (χ0) is 19.5. The summed E-state index contributed by atoms with van der Waals surface area (Å²) in [7, 11) is 0. The van der Waals surface area contributed by atoms with Crippen LogP contribution >= 0.6 is 0 Å². The van der Waals surface area contributed by atoms with E-state index in [1.165, 1.54) is 30.2 Å². The van der Waals surface area contributed by atoms with Gasteiger partial charge in [-0.25, -0.2) is 9.67 Å². The summed E-state index contributed by atoms with van der Waals surface area (Å²) in [5.41, 5.74) is 1.41. The van der Waals surface area contributed by atoms with Crippen molar-refractivity contribution in [1.29, 1.82) is 0 Å². The van der Waals surface area contributed by atoms with Gasteiger partial charge in [0.1, 0.15) is 18.7 Å². The second-order valence-electron chi connectivity index (χ2n) is 7.85. The van der Waals surface area contributed by atoms with Gasteiger partial charge >= 0.3 is 0 Å². The van der Waals surface area contributed by atoms with Gasteiger partial charge in [0.25, 0.3) is 0 Å². The standard InChI is InChI=1S/C20H26N6O2/c1-13(26-12-21-11-22-26)20(28)25-16-4-2-15(3-5-16)24-19(27)10-14-8-17-6-7-18(9-14)23-17/h2-5,11-14,17-18,23H,6-10H2,1H3,(H,24,27)(H,25,28). The second-order valence-corrected chi connectivity index (χ2v) is 7.85. The molecular formula is C20H26N6O2. The van der Waals surface area contributed by atoms with E-state index in [9.17, 15) is 9.59 Å². The smallest absolute Gasteiger partial charge is 0.249 e. The number of rotatable bonds is 6. The lowest BCUT2D eigenvalue weighted by molar-refractivity contribution is -0.119. The maximum Gasteiger partial charge on any atom is 0.249 e. The van der Waals surface area contributed by atoms with E-state index in [4.69, 9.17) is 0 Å². The number of anilines is 2. The molecule has 2 aliphatic heterocycles. The Balaban J connectivity index is 1.27. The average molecular weight is 382 g/mol. The summed E-state index contributed by atoms with van der Waals surface area (Å²) in [6.45, 7) is 1.76. The molecule has 4 rings (SSSR count). The van der Waals surface area contributed by atoms with Crippen molar-refractivity contribution < 1.29 is 9.59 Å². The Bertz CT molecular complexity index is 808. The molecule has 3 N–H and O–H groups in total. The lowest BCUT2D eigenvalue weighted by Gasteiger charge is -2.28. The Kier molecular flexibility index (Phi) is 5.38. The van der Waals surface area contributed by atoms with Crippen molar-refractivity contribution >= 4 is 23.2 Å². The lowest BCUT2D eigenvalue weighted by atomic mass is 9.89. The highest BCUT2D eigenvalue weighted by atomic mass is 16.2. The van der Waals surface area contributed by atoms with E-state index in [0.717, 1.165) is 18.5 Å². The molecule has 0 saturated carbocycles. The molecule has 28 heavy (non-hydrogen) atoms. The van der Waals surface area contributed by atoms with Crippen LogP contribution in [0.1, 0.15) is 45.1 Å². The van der Waals surface area contributed by atoms with Crippen molar-refractivity contribution in [2.75, 3.05) is 10.6 Å². The fourth-order valence-corrected chi connectivity index (χ4v) is 4.24. The average Bonchev–Trinajstić information content (AvgIpc) is 3.32. The molecule has 2 amide bonds. The van der Waals surface area contributed by atoms with Crippen LogP contribution in [0.5, 0.6) is 0 Å². The Morgan fingerprint density at radius 2 is 1.79 bits per heavy atom. The van der Waals surface area contributed by atoms with Crippen molar-refractivity contribution in [3.63, 3.8) is 0 Å². The molecule has 3 heterocycles. The third kappa shape index (κ3) is 4.39. The molecule has 2 aromatic rings. The van der Waals surface area contributed by atoms with Gasteiger partial charge in [0.15, 0.2) is 0 Å². The summed E-state index contributed by atoms with van der Waals surface area (Å²) >= 11 is 0. The number of aromatic nitrogens is 3. The first kappa shape index (κ1) is 18.6. The zero-order valence-electron chi connectivity index (χ0n) is 16.0. The minimum Gasteiger partial charge on any atom is -0.326 e. The van der Waals surface area contributed by atoms with Gasteiger partial charge in [0.2, 0.25) is 11.8 Å². The molecule has 8 heteroatoms. The van der Waals surface area contributed by atoms with Gasteiger partial charge in [-0.05, 0) is 62.8 Å². The van der Waals surface area contributed by atoms with E-state index >= 15 is 0 Å². The van der Waals surface area contributed by atoms with Gasteiger partial charge in [-0.15, -0.1) is 0 Å². The molecule has 1 aromatic heterocycles. The van der Waals surface area contributed by atoms with Crippen LogP contribution in [0, 0.1) is 5.92 Å². The minimum atomic E-state index is -0.456. The molecule has 148 valence electrons. The first-order chi connectivity index (χ1) is 13.6.